The summed E-state index contributed by atoms with van der Waals surface area (Å²) in [6, 6.07) is 10.6. The molecule has 134 valence electrons. The van der Waals surface area contributed by atoms with E-state index in [0.717, 1.165) is 17.5 Å². The largest absolute Gasteiger partial charge is 0.504 e. The molecule has 3 rings (SSSR count). The number of ether oxygens (including phenoxy) is 1. The molecule has 0 spiro atoms. The number of rotatable bonds is 6. The monoisotopic (exact) mass is 351 g/mol. The first-order valence-corrected chi connectivity index (χ1v) is 8.41. The maximum atomic E-state index is 10.6. The van der Waals surface area contributed by atoms with Crippen molar-refractivity contribution in [3.05, 3.63) is 59.4 Å². The van der Waals surface area contributed by atoms with Crippen molar-refractivity contribution < 1.29 is 14.9 Å². The van der Waals surface area contributed by atoms with Crippen molar-refractivity contribution in [3.8, 4) is 23.2 Å². The van der Waals surface area contributed by atoms with Crippen LogP contribution < -0.4 is 4.74 Å². The molecule has 2 aromatic heterocycles. The van der Waals surface area contributed by atoms with Crippen molar-refractivity contribution in [2.75, 3.05) is 7.11 Å². The Morgan fingerprint density at radius 2 is 2.00 bits per heavy atom. The molecule has 0 saturated carbocycles. The maximum absolute atomic E-state index is 10.6. The molecule has 6 heteroatoms. The van der Waals surface area contributed by atoms with Crippen LogP contribution in [0.15, 0.2) is 42.6 Å². The van der Waals surface area contributed by atoms with Crippen LogP contribution in [0.2, 0.25) is 0 Å². The minimum absolute atomic E-state index is 0.0911. The summed E-state index contributed by atoms with van der Waals surface area (Å²) in [5.74, 6) is 1.16. The standard InChI is InChI=1S/C20H21N3O3/c1-3-6-15-16(10-8-14-9-11-17(24)18(13-14)26-2)22-23(20(15)25)19-7-4-5-12-21-19/h4-5,7-13,24-25H,3,6H2,1-2H3. The van der Waals surface area contributed by atoms with Crippen LogP contribution in [0.25, 0.3) is 18.0 Å². The average molecular weight is 351 g/mol. The predicted molar refractivity (Wildman–Crippen MR) is 101 cm³/mol. The summed E-state index contributed by atoms with van der Waals surface area (Å²) in [5.41, 5.74) is 2.32. The third-order valence-electron chi connectivity index (χ3n) is 3.99. The Balaban J connectivity index is 1.99. The van der Waals surface area contributed by atoms with Gasteiger partial charge in [0.2, 0.25) is 5.88 Å². The number of phenols is 1. The van der Waals surface area contributed by atoms with E-state index in [2.05, 4.69) is 17.0 Å². The minimum Gasteiger partial charge on any atom is -0.504 e. The van der Waals surface area contributed by atoms with Crippen LogP contribution >= 0.6 is 0 Å². The van der Waals surface area contributed by atoms with Crippen LogP contribution in [0, 0.1) is 0 Å². The van der Waals surface area contributed by atoms with E-state index in [9.17, 15) is 10.2 Å². The molecule has 0 unspecified atom stereocenters. The second kappa shape index (κ2) is 7.74. The van der Waals surface area contributed by atoms with Gasteiger partial charge in [-0.3, -0.25) is 0 Å². The minimum atomic E-state index is 0.0911. The fourth-order valence-corrected chi connectivity index (χ4v) is 2.69. The van der Waals surface area contributed by atoms with Gasteiger partial charge >= 0.3 is 0 Å². The second-order valence-corrected chi connectivity index (χ2v) is 5.80. The number of benzene rings is 1. The van der Waals surface area contributed by atoms with Crippen molar-refractivity contribution in [2.45, 2.75) is 19.8 Å². The van der Waals surface area contributed by atoms with E-state index < -0.39 is 0 Å². The number of nitrogens with zero attached hydrogens (tertiary/aromatic N) is 3. The molecule has 1 aromatic carbocycles. The molecule has 0 aliphatic heterocycles. The highest BCUT2D eigenvalue weighted by molar-refractivity contribution is 5.71. The lowest BCUT2D eigenvalue weighted by molar-refractivity contribution is 0.373. The van der Waals surface area contributed by atoms with E-state index in [0.29, 0.717) is 23.7 Å². The highest BCUT2D eigenvalue weighted by atomic mass is 16.5. The Bertz CT molecular complexity index is 918. The van der Waals surface area contributed by atoms with Crippen LogP contribution in [-0.2, 0) is 6.42 Å². The second-order valence-electron chi connectivity index (χ2n) is 5.80. The number of hydrogen-bond acceptors (Lipinski definition) is 5. The van der Waals surface area contributed by atoms with Gasteiger partial charge in [-0.1, -0.05) is 31.6 Å². The zero-order valence-corrected chi connectivity index (χ0v) is 14.8. The normalized spacial score (nSPS) is 11.2. The van der Waals surface area contributed by atoms with Gasteiger partial charge in [0.15, 0.2) is 17.3 Å². The fourth-order valence-electron chi connectivity index (χ4n) is 2.69. The highest BCUT2D eigenvalue weighted by Gasteiger charge is 2.16. The zero-order valence-electron chi connectivity index (χ0n) is 14.8. The number of methoxy groups -OCH3 is 1. The molecule has 2 heterocycles. The van der Waals surface area contributed by atoms with E-state index in [1.54, 1.807) is 30.5 Å². The molecule has 0 fully saturated rings. The van der Waals surface area contributed by atoms with Gasteiger partial charge in [0.05, 0.1) is 12.8 Å². The lowest BCUT2D eigenvalue weighted by Crippen LogP contribution is -1.98. The number of aromatic hydroxyl groups is 2. The Hall–Kier alpha value is -3.28. The van der Waals surface area contributed by atoms with Crippen LogP contribution in [-0.4, -0.2) is 32.1 Å². The first-order chi connectivity index (χ1) is 12.6. The average Bonchev–Trinajstić information content (AvgIpc) is 2.98. The Morgan fingerprint density at radius 3 is 2.69 bits per heavy atom. The number of hydrogen-bond donors (Lipinski definition) is 2. The molecule has 0 aliphatic carbocycles. The van der Waals surface area contributed by atoms with E-state index in [1.165, 1.54) is 11.8 Å². The van der Waals surface area contributed by atoms with Gasteiger partial charge in [0.1, 0.15) is 0 Å². The van der Waals surface area contributed by atoms with Crippen molar-refractivity contribution in [3.63, 3.8) is 0 Å². The lowest BCUT2D eigenvalue weighted by Gasteiger charge is -2.03. The maximum Gasteiger partial charge on any atom is 0.219 e. The smallest absolute Gasteiger partial charge is 0.219 e. The van der Waals surface area contributed by atoms with E-state index >= 15 is 0 Å². The Kier molecular flexibility index (Phi) is 5.22. The first kappa shape index (κ1) is 17.5. The SMILES string of the molecule is CCCc1c(C=Cc2ccc(O)c(OC)c2)nn(-c2ccccn2)c1O. The molecule has 0 aliphatic rings. The van der Waals surface area contributed by atoms with E-state index in [4.69, 9.17) is 4.74 Å². The van der Waals surface area contributed by atoms with Crippen LogP contribution in [0.5, 0.6) is 17.4 Å². The summed E-state index contributed by atoms with van der Waals surface area (Å²) >= 11 is 0. The van der Waals surface area contributed by atoms with Crippen molar-refractivity contribution >= 4 is 12.2 Å². The Labute approximate surface area is 152 Å². The Morgan fingerprint density at radius 1 is 1.15 bits per heavy atom. The summed E-state index contributed by atoms with van der Waals surface area (Å²) in [7, 11) is 1.51. The molecule has 3 aromatic rings. The van der Waals surface area contributed by atoms with Gasteiger partial charge in [0.25, 0.3) is 0 Å². The zero-order chi connectivity index (χ0) is 18.5. The molecule has 0 saturated heterocycles. The van der Waals surface area contributed by atoms with E-state index in [1.807, 2.05) is 24.3 Å². The third-order valence-corrected chi connectivity index (χ3v) is 3.99. The summed E-state index contributed by atoms with van der Waals surface area (Å²) in [6.07, 6.45) is 6.96. The number of pyridine rings is 1. The fraction of sp³-hybridized carbons (Fsp3) is 0.200. The van der Waals surface area contributed by atoms with Crippen molar-refractivity contribution in [1.82, 2.24) is 14.8 Å². The summed E-state index contributed by atoms with van der Waals surface area (Å²) in [4.78, 5) is 4.25. The van der Waals surface area contributed by atoms with Crippen LogP contribution in [0.4, 0.5) is 0 Å². The summed E-state index contributed by atoms with van der Waals surface area (Å²) in [5, 5.41) is 24.8. The molecule has 0 bridgehead atoms. The number of phenolic OH excluding ortho intramolecular Hbond substituents is 1. The van der Waals surface area contributed by atoms with Crippen molar-refractivity contribution in [2.24, 2.45) is 0 Å². The van der Waals surface area contributed by atoms with Crippen LogP contribution in [0.1, 0.15) is 30.2 Å². The van der Waals surface area contributed by atoms with Gasteiger partial charge in [0, 0.05) is 11.8 Å². The quantitative estimate of drug-likeness (QED) is 0.706. The first-order valence-electron chi connectivity index (χ1n) is 8.41. The lowest BCUT2D eigenvalue weighted by atomic mass is 10.1. The van der Waals surface area contributed by atoms with Crippen LogP contribution in [0.3, 0.4) is 0 Å². The summed E-state index contributed by atoms with van der Waals surface area (Å²) < 4.78 is 6.58. The van der Waals surface area contributed by atoms with E-state index in [-0.39, 0.29) is 11.6 Å². The number of aromatic nitrogens is 3. The molecule has 2 N–H and O–H groups in total. The third kappa shape index (κ3) is 3.54. The summed E-state index contributed by atoms with van der Waals surface area (Å²) in [6.45, 7) is 2.05. The van der Waals surface area contributed by atoms with Crippen molar-refractivity contribution in [1.29, 1.82) is 0 Å². The van der Waals surface area contributed by atoms with Gasteiger partial charge in [-0.25, -0.2) is 4.98 Å². The molecule has 0 amide bonds. The molecule has 0 atom stereocenters. The molecule has 6 nitrogen and oxygen atoms in total. The van der Waals surface area contributed by atoms with Gasteiger partial charge in [-0.2, -0.15) is 9.78 Å². The molecule has 26 heavy (non-hydrogen) atoms. The predicted octanol–water partition coefficient (Wildman–Crippen LogP) is 3.81. The molecular formula is C20H21N3O3. The molecule has 0 radical (unpaired) electrons. The van der Waals surface area contributed by atoms with Gasteiger partial charge in [-0.15, -0.1) is 0 Å². The van der Waals surface area contributed by atoms with Gasteiger partial charge in [-0.05, 0) is 42.3 Å². The highest BCUT2D eigenvalue weighted by Crippen LogP contribution is 2.29. The van der Waals surface area contributed by atoms with Gasteiger partial charge < -0.3 is 14.9 Å². The molecular weight excluding hydrogens is 330 g/mol. The topological polar surface area (TPSA) is 80.4 Å².